The van der Waals surface area contributed by atoms with Gasteiger partial charge in [0.2, 0.25) is 0 Å². The molecule has 3 heteroatoms. The molecule has 1 amide bonds. The first kappa shape index (κ1) is 13.1. The van der Waals surface area contributed by atoms with Crippen LogP contribution in [0, 0.1) is 6.92 Å². The molecule has 1 rings (SSSR count). The van der Waals surface area contributed by atoms with E-state index in [1.54, 1.807) is 0 Å². The third-order valence-corrected chi connectivity index (χ3v) is 3.59. The predicted octanol–water partition coefficient (Wildman–Crippen LogP) is 3.02. The van der Waals surface area contributed by atoms with E-state index in [4.69, 9.17) is 12.6 Å². The van der Waals surface area contributed by atoms with E-state index in [0.29, 0.717) is 11.0 Å². The molecule has 0 N–H and O–H groups in total. The zero-order valence-corrected chi connectivity index (χ0v) is 11.0. The Kier molecular flexibility index (Phi) is 4.44. The highest BCUT2D eigenvalue weighted by molar-refractivity contribution is 7.76. The van der Waals surface area contributed by atoms with Crippen LogP contribution in [0.25, 0.3) is 0 Å². The summed E-state index contributed by atoms with van der Waals surface area (Å²) < 4.78 is 0.360. The summed E-state index contributed by atoms with van der Waals surface area (Å²) in [5.41, 5.74) is 2.41. The molecule has 0 saturated heterocycles. The molecule has 1 aromatic carbocycles. The van der Waals surface area contributed by atoms with E-state index in [-0.39, 0.29) is 5.24 Å². The molecule has 0 unspecified atom stereocenters. The Hall–Kier alpha value is -0.930. The number of carbonyl (C=O) groups excluding carboxylic acids is 1. The van der Waals surface area contributed by atoms with Gasteiger partial charge >= 0.3 is 0 Å². The number of aryl methyl sites for hydroxylation is 1. The van der Waals surface area contributed by atoms with Gasteiger partial charge in [0.05, 0.1) is 13.1 Å². The average Bonchev–Trinajstić information content (AvgIpc) is 2.28. The Morgan fingerprint density at radius 2 is 1.69 bits per heavy atom. The number of quaternary nitrogens is 1. The minimum atomic E-state index is -0.162. The molecule has 0 aliphatic heterocycles. The number of hydrogen-bond acceptors (Lipinski definition) is 2. The number of amides is 1. The minimum Gasteiger partial charge on any atom is -0.675 e. The highest BCUT2D eigenvalue weighted by atomic mass is 32.1. The van der Waals surface area contributed by atoms with Gasteiger partial charge in [-0.2, -0.15) is 0 Å². The summed E-state index contributed by atoms with van der Waals surface area (Å²) in [5, 5.41) is -0.162. The lowest BCUT2D eigenvalue weighted by Crippen LogP contribution is -2.50. The minimum absolute atomic E-state index is 0.162. The molecule has 0 atom stereocenters. The van der Waals surface area contributed by atoms with E-state index < -0.39 is 0 Å². The maximum absolute atomic E-state index is 11.6. The van der Waals surface area contributed by atoms with Gasteiger partial charge in [0.1, 0.15) is 6.54 Å². The average molecular weight is 237 g/mol. The summed E-state index contributed by atoms with van der Waals surface area (Å²) in [5.74, 6) is 0. The largest absolute Gasteiger partial charge is 0.675 e. The van der Waals surface area contributed by atoms with Crippen LogP contribution in [0.1, 0.15) is 25.0 Å². The van der Waals surface area contributed by atoms with Gasteiger partial charge in [0.25, 0.3) is 0 Å². The van der Waals surface area contributed by atoms with Crippen molar-refractivity contribution in [2.75, 3.05) is 13.1 Å². The molecule has 0 aromatic heterocycles. The number of hydrogen-bond donors (Lipinski definition) is 0. The van der Waals surface area contributed by atoms with Crippen LogP contribution < -0.4 is 0 Å². The number of nitrogens with zero attached hydrogens (tertiary/aromatic N) is 1. The van der Waals surface area contributed by atoms with Crippen LogP contribution >= 0.6 is 0 Å². The van der Waals surface area contributed by atoms with E-state index in [1.807, 2.05) is 13.8 Å². The standard InChI is InChI=1S/C13H19NOS/c1-4-14(5-2,13(15)16)10-12-8-6-11(3)7-9-12/h6-9H,4-5,10H2,1-3H3. The fraction of sp³-hybridized carbons (Fsp3) is 0.462. The van der Waals surface area contributed by atoms with Crippen LogP contribution in [0.5, 0.6) is 0 Å². The molecule has 0 radical (unpaired) electrons. The Morgan fingerprint density at radius 3 is 2.06 bits per heavy atom. The summed E-state index contributed by atoms with van der Waals surface area (Å²) in [7, 11) is 0. The van der Waals surface area contributed by atoms with E-state index in [0.717, 1.165) is 13.1 Å². The van der Waals surface area contributed by atoms with Crippen LogP contribution in [0.3, 0.4) is 0 Å². The highest BCUT2D eigenvalue weighted by Gasteiger charge is 2.25. The van der Waals surface area contributed by atoms with Crippen molar-refractivity contribution in [3.05, 3.63) is 35.4 Å². The molecule has 2 nitrogen and oxygen atoms in total. The molecule has 0 spiro atoms. The van der Waals surface area contributed by atoms with Crippen LogP contribution in [-0.4, -0.2) is 22.8 Å². The second-order valence-corrected chi connectivity index (χ2v) is 4.54. The molecule has 0 fully saturated rings. The summed E-state index contributed by atoms with van der Waals surface area (Å²) in [6, 6.07) is 8.30. The van der Waals surface area contributed by atoms with Crippen molar-refractivity contribution in [2.45, 2.75) is 27.3 Å². The summed E-state index contributed by atoms with van der Waals surface area (Å²) >= 11 is 4.87. The summed E-state index contributed by atoms with van der Waals surface area (Å²) in [6.45, 7) is 8.31. The normalized spacial score (nSPS) is 11.4. The Labute approximate surface area is 103 Å². The maximum Gasteiger partial charge on any atom is 0.199 e. The summed E-state index contributed by atoms with van der Waals surface area (Å²) in [6.07, 6.45) is 0. The molecule has 1 aromatic rings. The number of carbonyl (C=O) groups is 1. The maximum atomic E-state index is 11.6. The topological polar surface area (TPSA) is 17.1 Å². The van der Waals surface area contributed by atoms with Crippen molar-refractivity contribution in [3.63, 3.8) is 0 Å². The second kappa shape index (κ2) is 5.41. The second-order valence-electron chi connectivity index (χ2n) is 4.19. The lowest BCUT2D eigenvalue weighted by Gasteiger charge is -2.37. The smallest absolute Gasteiger partial charge is 0.199 e. The Balaban J connectivity index is 2.91. The van der Waals surface area contributed by atoms with E-state index >= 15 is 0 Å². The van der Waals surface area contributed by atoms with Crippen molar-refractivity contribution in [1.29, 1.82) is 0 Å². The van der Waals surface area contributed by atoms with Gasteiger partial charge in [0, 0.05) is 5.56 Å². The van der Waals surface area contributed by atoms with E-state index in [1.165, 1.54) is 11.1 Å². The molecular weight excluding hydrogens is 218 g/mol. The lowest BCUT2D eigenvalue weighted by molar-refractivity contribution is -0.854. The molecular formula is C13H19NOS. The number of rotatable bonds is 4. The van der Waals surface area contributed by atoms with Crippen LogP contribution in [0.2, 0.25) is 0 Å². The van der Waals surface area contributed by atoms with Crippen molar-refractivity contribution < 1.29 is 9.28 Å². The molecule has 88 valence electrons. The van der Waals surface area contributed by atoms with Crippen molar-refractivity contribution in [1.82, 2.24) is 0 Å². The lowest BCUT2D eigenvalue weighted by atomic mass is 10.1. The monoisotopic (exact) mass is 237 g/mol. The van der Waals surface area contributed by atoms with Gasteiger partial charge in [-0.05, 0) is 20.8 Å². The SMILES string of the molecule is CC[N+](CC)(Cc1ccc(C)cc1)C(=O)[S-]. The Bertz CT molecular complexity index is 355. The first-order chi connectivity index (χ1) is 7.54. The fourth-order valence-corrected chi connectivity index (χ4v) is 2.14. The van der Waals surface area contributed by atoms with Crippen molar-refractivity contribution >= 4 is 17.9 Å². The highest BCUT2D eigenvalue weighted by Crippen LogP contribution is 2.16. The van der Waals surface area contributed by atoms with Crippen LogP contribution in [0.15, 0.2) is 24.3 Å². The molecule has 16 heavy (non-hydrogen) atoms. The zero-order valence-electron chi connectivity index (χ0n) is 10.2. The van der Waals surface area contributed by atoms with Gasteiger partial charge in [-0.15, -0.1) is 0 Å². The Morgan fingerprint density at radius 1 is 1.19 bits per heavy atom. The molecule has 0 aliphatic carbocycles. The fourth-order valence-electron chi connectivity index (χ4n) is 1.81. The van der Waals surface area contributed by atoms with Gasteiger partial charge in [-0.3, -0.25) is 9.28 Å². The molecule has 0 bridgehead atoms. The van der Waals surface area contributed by atoms with Crippen LogP contribution in [-0.2, 0) is 19.2 Å². The summed E-state index contributed by atoms with van der Waals surface area (Å²) in [4.78, 5) is 11.6. The molecule has 0 aliphatic rings. The van der Waals surface area contributed by atoms with Gasteiger partial charge < -0.3 is 12.6 Å². The van der Waals surface area contributed by atoms with E-state index in [9.17, 15) is 4.79 Å². The first-order valence-electron chi connectivity index (χ1n) is 5.67. The van der Waals surface area contributed by atoms with Crippen LogP contribution in [0.4, 0.5) is 4.79 Å². The molecule has 0 saturated carbocycles. The van der Waals surface area contributed by atoms with Gasteiger partial charge in [-0.25, -0.2) is 0 Å². The number of benzene rings is 1. The van der Waals surface area contributed by atoms with Gasteiger partial charge in [0.15, 0.2) is 5.24 Å². The van der Waals surface area contributed by atoms with Gasteiger partial charge in [-0.1, -0.05) is 29.8 Å². The quantitative estimate of drug-likeness (QED) is 0.591. The predicted molar refractivity (Wildman–Crippen MR) is 69.0 cm³/mol. The van der Waals surface area contributed by atoms with Crippen molar-refractivity contribution in [2.24, 2.45) is 0 Å². The zero-order chi connectivity index (χ0) is 12.2. The van der Waals surface area contributed by atoms with Crippen molar-refractivity contribution in [3.8, 4) is 0 Å². The van der Waals surface area contributed by atoms with E-state index in [2.05, 4.69) is 31.2 Å². The first-order valence-corrected chi connectivity index (χ1v) is 6.08. The third kappa shape index (κ3) is 2.80. The third-order valence-electron chi connectivity index (χ3n) is 3.20. The molecule has 0 heterocycles.